The highest BCUT2D eigenvalue weighted by atomic mass is 35.5. The fraction of sp³-hybridized carbons (Fsp3) is 0.481. The fourth-order valence-corrected chi connectivity index (χ4v) is 4.70. The monoisotopic (exact) mass is 543 g/mol. The molecule has 0 aliphatic carbocycles. The standard InChI is InChI=1S/C27H34ClN5O5/c1-5-6-7-12-32-22(31-14-13-30(17-21(31)24(35)36)26(37)38-27(2,3)4)15-23(34)33-16-20(29-25(32)33)18-8-10-19(28)11-9-18/h8-11,15-16,21H,5-7,12-14,17H2,1-4H3,(H,35,36)/t21-/m1/s1. The SMILES string of the molecule is CCCCCn1c(N2CCN(C(=O)OC(C)(C)C)C[C@@H]2C(=O)O)cc(=O)n2cc(-c3ccc(Cl)cc3)nc12. The number of hydrogen-bond acceptors (Lipinski definition) is 6. The number of benzene rings is 1. The zero-order valence-electron chi connectivity index (χ0n) is 22.2. The fourth-order valence-electron chi connectivity index (χ4n) is 4.58. The lowest BCUT2D eigenvalue weighted by Crippen LogP contribution is -2.59. The van der Waals surface area contributed by atoms with Crippen molar-refractivity contribution >= 4 is 35.3 Å². The second kappa shape index (κ2) is 11.1. The molecule has 1 saturated heterocycles. The minimum Gasteiger partial charge on any atom is -0.480 e. The number of rotatable bonds is 7. The van der Waals surface area contributed by atoms with E-state index in [2.05, 4.69) is 6.92 Å². The van der Waals surface area contributed by atoms with Crippen LogP contribution in [0.4, 0.5) is 10.6 Å². The molecule has 0 unspecified atom stereocenters. The number of nitrogens with zero attached hydrogens (tertiary/aromatic N) is 5. The predicted octanol–water partition coefficient (Wildman–Crippen LogP) is 4.52. The molecule has 0 radical (unpaired) electrons. The van der Waals surface area contributed by atoms with Crippen molar-refractivity contribution < 1.29 is 19.4 Å². The number of fused-ring (bicyclic) bond motifs is 1. The van der Waals surface area contributed by atoms with Crippen molar-refractivity contribution in [2.24, 2.45) is 0 Å². The van der Waals surface area contributed by atoms with Gasteiger partial charge in [0, 0.05) is 42.5 Å². The zero-order chi connectivity index (χ0) is 27.6. The van der Waals surface area contributed by atoms with Crippen LogP contribution in [0.5, 0.6) is 0 Å². The highest BCUT2D eigenvalue weighted by molar-refractivity contribution is 6.30. The normalized spacial score (nSPS) is 16.2. The van der Waals surface area contributed by atoms with Crippen LogP contribution < -0.4 is 10.5 Å². The van der Waals surface area contributed by atoms with Gasteiger partial charge in [0.05, 0.1) is 12.2 Å². The Morgan fingerprint density at radius 1 is 1.16 bits per heavy atom. The van der Waals surface area contributed by atoms with Gasteiger partial charge in [0.15, 0.2) is 0 Å². The molecule has 10 nitrogen and oxygen atoms in total. The van der Waals surface area contributed by atoms with Crippen LogP contribution in [0.25, 0.3) is 17.0 Å². The average molecular weight is 544 g/mol. The molecular formula is C27H34ClN5O5. The van der Waals surface area contributed by atoms with Crippen LogP contribution in [0, 0.1) is 0 Å². The van der Waals surface area contributed by atoms with E-state index in [1.54, 1.807) is 44.0 Å². The number of anilines is 1. The molecule has 1 aliphatic heterocycles. The molecule has 204 valence electrons. The van der Waals surface area contributed by atoms with Crippen LogP contribution in [0.1, 0.15) is 47.0 Å². The maximum Gasteiger partial charge on any atom is 0.410 e. The number of piperazine rings is 1. The lowest BCUT2D eigenvalue weighted by atomic mass is 10.1. The van der Waals surface area contributed by atoms with Crippen LogP contribution in [-0.4, -0.2) is 67.3 Å². The van der Waals surface area contributed by atoms with E-state index in [0.29, 0.717) is 28.9 Å². The van der Waals surface area contributed by atoms with Gasteiger partial charge in [0.2, 0.25) is 5.78 Å². The third-order valence-corrected chi connectivity index (χ3v) is 6.68. The van der Waals surface area contributed by atoms with Crippen molar-refractivity contribution in [3.63, 3.8) is 0 Å². The lowest BCUT2D eigenvalue weighted by molar-refractivity contribution is -0.139. The maximum absolute atomic E-state index is 13.3. The first kappa shape index (κ1) is 27.5. The molecule has 1 N–H and O–H groups in total. The Balaban J connectivity index is 1.76. The number of unbranched alkanes of at least 4 members (excludes halogenated alkanes) is 2. The number of aliphatic carboxylic acids is 1. The molecule has 38 heavy (non-hydrogen) atoms. The van der Waals surface area contributed by atoms with E-state index >= 15 is 0 Å². The number of imidazole rings is 1. The molecule has 1 atom stereocenters. The Bertz CT molecular complexity index is 1380. The van der Waals surface area contributed by atoms with Crippen LogP contribution in [0.3, 0.4) is 0 Å². The highest BCUT2D eigenvalue weighted by Gasteiger charge is 2.37. The summed E-state index contributed by atoms with van der Waals surface area (Å²) in [6, 6.07) is 7.62. The number of carbonyl (C=O) groups excluding carboxylic acids is 1. The summed E-state index contributed by atoms with van der Waals surface area (Å²) in [4.78, 5) is 46.2. The smallest absolute Gasteiger partial charge is 0.410 e. The number of aromatic nitrogens is 3. The summed E-state index contributed by atoms with van der Waals surface area (Å²) < 4.78 is 8.87. The predicted molar refractivity (Wildman–Crippen MR) is 146 cm³/mol. The quantitative estimate of drug-likeness (QED) is 0.436. The Labute approximate surface area is 226 Å². The van der Waals surface area contributed by atoms with E-state index in [-0.39, 0.29) is 25.2 Å². The topological polar surface area (TPSA) is 109 Å². The summed E-state index contributed by atoms with van der Waals surface area (Å²) in [6.45, 7) is 8.38. The van der Waals surface area contributed by atoms with Crippen LogP contribution in [0.15, 0.2) is 41.3 Å². The number of ether oxygens (including phenoxy) is 1. The Morgan fingerprint density at radius 3 is 2.50 bits per heavy atom. The summed E-state index contributed by atoms with van der Waals surface area (Å²) in [5, 5.41) is 10.7. The number of carboxylic acid groups (broad SMARTS) is 1. The summed E-state index contributed by atoms with van der Waals surface area (Å²) in [7, 11) is 0. The van der Waals surface area contributed by atoms with E-state index in [0.717, 1.165) is 24.8 Å². The highest BCUT2D eigenvalue weighted by Crippen LogP contribution is 2.26. The van der Waals surface area contributed by atoms with E-state index < -0.39 is 23.7 Å². The van der Waals surface area contributed by atoms with Gasteiger partial charge in [-0.3, -0.25) is 13.8 Å². The van der Waals surface area contributed by atoms with Crippen molar-refractivity contribution in [1.29, 1.82) is 0 Å². The third kappa shape index (κ3) is 5.96. The van der Waals surface area contributed by atoms with E-state index in [9.17, 15) is 19.5 Å². The molecule has 11 heteroatoms. The molecule has 3 aromatic rings. The molecule has 1 aliphatic rings. The van der Waals surface area contributed by atoms with Crippen molar-refractivity contribution in [3.8, 4) is 11.3 Å². The number of aryl methyl sites for hydroxylation is 1. The van der Waals surface area contributed by atoms with E-state index in [4.69, 9.17) is 21.3 Å². The third-order valence-electron chi connectivity index (χ3n) is 6.43. The van der Waals surface area contributed by atoms with Crippen molar-refractivity contribution in [3.05, 3.63) is 51.9 Å². The van der Waals surface area contributed by atoms with Gasteiger partial charge in [-0.1, -0.05) is 43.5 Å². The number of hydrogen-bond donors (Lipinski definition) is 1. The summed E-state index contributed by atoms with van der Waals surface area (Å²) in [5.41, 5.74) is 0.423. The van der Waals surface area contributed by atoms with Gasteiger partial charge in [-0.25, -0.2) is 14.6 Å². The van der Waals surface area contributed by atoms with Gasteiger partial charge in [-0.15, -0.1) is 0 Å². The number of carbonyl (C=O) groups is 2. The number of amides is 1. The van der Waals surface area contributed by atoms with Crippen molar-refractivity contribution in [1.82, 2.24) is 18.9 Å². The number of carboxylic acids is 1. The molecule has 1 fully saturated rings. The van der Waals surface area contributed by atoms with Gasteiger partial charge in [-0.05, 0) is 39.3 Å². The Kier molecular flexibility index (Phi) is 8.01. The first-order chi connectivity index (χ1) is 18.0. The number of halogens is 1. The van der Waals surface area contributed by atoms with E-state index in [1.807, 2.05) is 16.7 Å². The van der Waals surface area contributed by atoms with E-state index in [1.165, 1.54) is 15.4 Å². The average Bonchev–Trinajstić information content (AvgIpc) is 3.30. The van der Waals surface area contributed by atoms with Crippen LogP contribution >= 0.6 is 11.6 Å². The first-order valence-corrected chi connectivity index (χ1v) is 13.2. The second-order valence-corrected chi connectivity index (χ2v) is 10.9. The molecule has 0 saturated carbocycles. The molecular weight excluding hydrogens is 510 g/mol. The van der Waals surface area contributed by atoms with Gasteiger partial charge < -0.3 is 19.6 Å². The van der Waals surface area contributed by atoms with Crippen LogP contribution in [-0.2, 0) is 16.1 Å². The minimum atomic E-state index is -1.09. The lowest BCUT2D eigenvalue weighted by Gasteiger charge is -2.41. The Morgan fingerprint density at radius 2 is 1.87 bits per heavy atom. The first-order valence-electron chi connectivity index (χ1n) is 12.8. The molecule has 1 aromatic carbocycles. The largest absolute Gasteiger partial charge is 0.480 e. The van der Waals surface area contributed by atoms with Gasteiger partial charge in [0.1, 0.15) is 17.5 Å². The summed E-state index contributed by atoms with van der Waals surface area (Å²) in [6.07, 6.45) is 3.94. The zero-order valence-corrected chi connectivity index (χ0v) is 22.9. The van der Waals surface area contributed by atoms with Crippen molar-refractivity contribution in [2.45, 2.75) is 65.1 Å². The molecule has 4 rings (SSSR count). The second-order valence-electron chi connectivity index (χ2n) is 10.5. The summed E-state index contributed by atoms with van der Waals surface area (Å²) >= 11 is 6.04. The van der Waals surface area contributed by atoms with Gasteiger partial charge >= 0.3 is 12.1 Å². The Hall–Kier alpha value is -3.53. The molecule has 3 heterocycles. The van der Waals surface area contributed by atoms with Crippen molar-refractivity contribution in [2.75, 3.05) is 24.5 Å². The van der Waals surface area contributed by atoms with Crippen LogP contribution in [0.2, 0.25) is 5.02 Å². The molecule has 0 spiro atoms. The van der Waals surface area contributed by atoms with Gasteiger partial charge in [-0.2, -0.15) is 0 Å². The van der Waals surface area contributed by atoms with Gasteiger partial charge in [0.25, 0.3) is 5.56 Å². The molecule has 0 bridgehead atoms. The molecule has 1 amide bonds. The summed E-state index contributed by atoms with van der Waals surface area (Å²) in [5.74, 6) is -0.175. The molecule has 2 aromatic heterocycles. The minimum absolute atomic E-state index is 0.0664. The maximum atomic E-state index is 13.3.